The van der Waals surface area contributed by atoms with E-state index in [2.05, 4.69) is 43.0 Å². The maximum atomic E-state index is 11.7. The number of piperidine rings is 1. The van der Waals surface area contributed by atoms with Gasteiger partial charge in [0.05, 0.1) is 5.41 Å². The van der Waals surface area contributed by atoms with E-state index >= 15 is 0 Å². The topological polar surface area (TPSA) is 23.6 Å². The molecule has 1 fully saturated rings. The van der Waals surface area contributed by atoms with Crippen LogP contribution < -0.4 is 0 Å². The van der Waals surface area contributed by atoms with Crippen molar-refractivity contribution in [1.29, 1.82) is 0 Å². The van der Waals surface area contributed by atoms with Gasteiger partial charge in [-0.3, -0.25) is 0 Å². The first kappa shape index (κ1) is 15.2. The molecule has 0 radical (unpaired) electrons. The van der Waals surface area contributed by atoms with Gasteiger partial charge in [-0.05, 0) is 46.0 Å². The van der Waals surface area contributed by atoms with Gasteiger partial charge in [0.2, 0.25) is 0 Å². The lowest BCUT2D eigenvalue weighted by Crippen LogP contribution is -2.49. The van der Waals surface area contributed by atoms with Crippen molar-refractivity contribution in [1.82, 2.24) is 9.80 Å². The lowest BCUT2D eigenvalue weighted by Gasteiger charge is -2.39. The highest BCUT2D eigenvalue weighted by atomic mass is 16.1. The Kier molecular flexibility index (Phi) is 4.95. The zero-order chi connectivity index (χ0) is 14.6. The number of likely N-dealkylation sites (N-methyl/N-ethyl adjacent to an activating group) is 1. The third-order valence-corrected chi connectivity index (χ3v) is 4.46. The summed E-state index contributed by atoms with van der Waals surface area (Å²) in [7, 11) is 4.29. The lowest BCUT2D eigenvalue weighted by molar-refractivity contribution is -0.113. The smallest absolute Gasteiger partial charge is 0.131 e. The van der Waals surface area contributed by atoms with Crippen LogP contribution >= 0.6 is 0 Å². The van der Waals surface area contributed by atoms with Crippen LogP contribution in [-0.2, 0) is 10.2 Å². The van der Waals surface area contributed by atoms with Gasteiger partial charge < -0.3 is 14.6 Å². The Labute approximate surface area is 122 Å². The Hall–Kier alpha value is -1.19. The minimum absolute atomic E-state index is 0.407. The van der Waals surface area contributed by atoms with Gasteiger partial charge in [-0.1, -0.05) is 30.3 Å². The van der Waals surface area contributed by atoms with Crippen molar-refractivity contribution in [3.05, 3.63) is 35.9 Å². The molecule has 2 atom stereocenters. The number of carbonyl (C=O) groups excluding carboxylic acids is 1. The Morgan fingerprint density at radius 1 is 1.35 bits per heavy atom. The molecule has 1 aliphatic rings. The number of hydrogen-bond donors (Lipinski definition) is 0. The van der Waals surface area contributed by atoms with Crippen molar-refractivity contribution >= 4 is 6.29 Å². The van der Waals surface area contributed by atoms with Crippen LogP contribution in [0, 0.1) is 0 Å². The predicted molar refractivity (Wildman–Crippen MR) is 83.0 cm³/mol. The van der Waals surface area contributed by atoms with E-state index in [0.717, 1.165) is 31.5 Å². The number of hydrogen-bond acceptors (Lipinski definition) is 3. The first-order chi connectivity index (χ1) is 9.55. The number of benzene rings is 1. The third-order valence-electron chi connectivity index (χ3n) is 4.46. The molecule has 0 N–H and O–H groups in total. The minimum Gasteiger partial charge on any atom is -0.305 e. The summed E-state index contributed by atoms with van der Waals surface area (Å²) in [6.07, 6.45) is 3.58. The van der Waals surface area contributed by atoms with Gasteiger partial charge in [0, 0.05) is 19.1 Å². The van der Waals surface area contributed by atoms with Crippen LogP contribution in [-0.4, -0.2) is 55.9 Å². The monoisotopic (exact) mass is 274 g/mol. The molecule has 1 aromatic carbocycles. The van der Waals surface area contributed by atoms with Crippen molar-refractivity contribution in [2.75, 3.05) is 33.7 Å². The molecule has 1 aliphatic heterocycles. The molecule has 3 heteroatoms. The molecule has 1 aromatic rings. The number of aldehydes is 1. The Morgan fingerprint density at radius 3 is 2.65 bits per heavy atom. The summed E-state index contributed by atoms with van der Waals surface area (Å²) >= 11 is 0. The maximum Gasteiger partial charge on any atom is 0.131 e. The van der Waals surface area contributed by atoms with Crippen molar-refractivity contribution in [2.24, 2.45) is 0 Å². The third kappa shape index (κ3) is 3.47. The molecule has 0 bridgehead atoms. The van der Waals surface area contributed by atoms with Crippen LogP contribution in [0.3, 0.4) is 0 Å². The van der Waals surface area contributed by atoms with Crippen LogP contribution in [0.1, 0.15) is 25.3 Å². The standard InChI is InChI=1S/C17H26N2O/c1-17(14-20,15-8-5-4-6-9-15)13-19-11-7-10-16(12-19)18(2)3/h4-6,8-9,14,16H,7,10-13H2,1-3H3. The Balaban J connectivity index is 2.08. The summed E-state index contributed by atoms with van der Waals surface area (Å²) in [5.41, 5.74) is 0.706. The van der Waals surface area contributed by atoms with E-state index in [4.69, 9.17) is 0 Å². The molecule has 2 rings (SSSR count). The second-order valence-corrected chi connectivity index (χ2v) is 6.40. The van der Waals surface area contributed by atoms with Crippen LogP contribution in [0.25, 0.3) is 0 Å². The molecule has 0 aromatic heterocycles. The SMILES string of the molecule is CN(C)C1CCCN(CC(C)(C=O)c2ccccc2)C1. The zero-order valence-corrected chi connectivity index (χ0v) is 12.9. The van der Waals surface area contributed by atoms with E-state index in [1.165, 1.54) is 12.8 Å². The normalized spacial score (nSPS) is 23.5. The summed E-state index contributed by atoms with van der Waals surface area (Å²) in [5.74, 6) is 0. The average molecular weight is 274 g/mol. The molecule has 20 heavy (non-hydrogen) atoms. The molecular formula is C17H26N2O. The van der Waals surface area contributed by atoms with Gasteiger partial charge in [0.1, 0.15) is 6.29 Å². The molecule has 3 nitrogen and oxygen atoms in total. The van der Waals surface area contributed by atoms with Gasteiger partial charge in [0.15, 0.2) is 0 Å². The summed E-state index contributed by atoms with van der Waals surface area (Å²) < 4.78 is 0. The van der Waals surface area contributed by atoms with Gasteiger partial charge in [-0.25, -0.2) is 0 Å². The summed E-state index contributed by atoms with van der Waals surface area (Å²) in [6, 6.07) is 10.7. The van der Waals surface area contributed by atoms with Crippen molar-refractivity contribution in [3.63, 3.8) is 0 Å². The van der Waals surface area contributed by atoms with Crippen molar-refractivity contribution in [2.45, 2.75) is 31.2 Å². The highest BCUT2D eigenvalue weighted by Gasteiger charge is 2.31. The Bertz CT molecular complexity index is 432. The van der Waals surface area contributed by atoms with Crippen LogP contribution in [0.15, 0.2) is 30.3 Å². The van der Waals surface area contributed by atoms with Crippen LogP contribution in [0.2, 0.25) is 0 Å². The van der Waals surface area contributed by atoms with Gasteiger partial charge >= 0.3 is 0 Å². The van der Waals surface area contributed by atoms with Crippen LogP contribution in [0.4, 0.5) is 0 Å². The van der Waals surface area contributed by atoms with E-state index in [0.29, 0.717) is 6.04 Å². The minimum atomic E-state index is -0.407. The number of carbonyl (C=O) groups is 1. The molecule has 110 valence electrons. The van der Waals surface area contributed by atoms with Gasteiger partial charge in [0.25, 0.3) is 0 Å². The first-order valence-electron chi connectivity index (χ1n) is 7.46. The van der Waals surface area contributed by atoms with Gasteiger partial charge in [-0.2, -0.15) is 0 Å². The summed E-state index contributed by atoms with van der Waals surface area (Å²) in [4.78, 5) is 16.4. The second kappa shape index (κ2) is 6.51. The molecular weight excluding hydrogens is 248 g/mol. The number of likely N-dealkylation sites (tertiary alicyclic amines) is 1. The largest absolute Gasteiger partial charge is 0.305 e. The molecule has 0 aliphatic carbocycles. The summed E-state index contributed by atoms with van der Waals surface area (Å²) in [5, 5.41) is 0. The van der Waals surface area contributed by atoms with Crippen molar-refractivity contribution in [3.8, 4) is 0 Å². The predicted octanol–water partition coefficient (Wildman–Crippen LogP) is 2.17. The van der Waals surface area contributed by atoms with E-state index < -0.39 is 5.41 Å². The average Bonchev–Trinajstić information content (AvgIpc) is 2.48. The van der Waals surface area contributed by atoms with Crippen LogP contribution in [0.5, 0.6) is 0 Å². The highest BCUT2D eigenvalue weighted by Crippen LogP contribution is 2.25. The highest BCUT2D eigenvalue weighted by molar-refractivity contribution is 5.68. The maximum absolute atomic E-state index is 11.7. The number of rotatable bonds is 5. The fraction of sp³-hybridized carbons (Fsp3) is 0.588. The van der Waals surface area contributed by atoms with E-state index in [1.54, 1.807) is 0 Å². The molecule has 1 heterocycles. The fourth-order valence-corrected chi connectivity index (χ4v) is 3.08. The lowest BCUT2D eigenvalue weighted by atomic mass is 9.83. The molecule has 1 saturated heterocycles. The van der Waals surface area contributed by atoms with Gasteiger partial charge in [-0.15, -0.1) is 0 Å². The molecule has 0 saturated carbocycles. The van der Waals surface area contributed by atoms with Crippen molar-refractivity contribution < 1.29 is 4.79 Å². The molecule has 2 unspecified atom stereocenters. The van der Waals surface area contributed by atoms with E-state index in [1.807, 2.05) is 18.2 Å². The van der Waals surface area contributed by atoms with E-state index in [9.17, 15) is 4.79 Å². The zero-order valence-electron chi connectivity index (χ0n) is 12.9. The molecule has 0 spiro atoms. The number of nitrogens with zero attached hydrogens (tertiary/aromatic N) is 2. The van der Waals surface area contributed by atoms with E-state index in [-0.39, 0.29) is 0 Å². The first-order valence-corrected chi connectivity index (χ1v) is 7.46. The Morgan fingerprint density at radius 2 is 2.05 bits per heavy atom. The quantitative estimate of drug-likeness (QED) is 0.769. The molecule has 0 amide bonds. The fourth-order valence-electron chi connectivity index (χ4n) is 3.08. The second-order valence-electron chi connectivity index (χ2n) is 6.40. The summed E-state index contributed by atoms with van der Waals surface area (Å²) in [6.45, 7) is 5.02.